The number of thioether (sulfide) groups is 1. The van der Waals surface area contributed by atoms with Gasteiger partial charge < -0.3 is 10.2 Å². The summed E-state index contributed by atoms with van der Waals surface area (Å²) in [6.07, 6.45) is 1.31. The molecule has 2 aromatic rings. The Hall–Kier alpha value is -1.40. The van der Waals surface area contributed by atoms with Crippen molar-refractivity contribution >= 4 is 58.4 Å². The number of amides is 2. The molecule has 174 valence electrons. The lowest BCUT2D eigenvalue weighted by atomic mass is 10.1. The van der Waals surface area contributed by atoms with Crippen molar-refractivity contribution in [3.05, 3.63) is 68.7 Å². The van der Waals surface area contributed by atoms with Gasteiger partial charge >= 0.3 is 0 Å². The van der Waals surface area contributed by atoms with Crippen LogP contribution in [0.2, 0.25) is 15.1 Å². The van der Waals surface area contributed by atoms with Crippen LogP contribution in [0, 0.1) is 0 Å². The molecule has 0 fully saturated rings. The molecule has 0 aromatic heterocycles. The second-order valence-electron chi connectivity index (χ2n) is 7.62. The monoisotopic (exact) mass is 514 g/mol. The van der Waals surface area contributed by atoms with Crippen LogP contribution in [0.15, 0.2) is 42.5 Å². The van der Waals surface area contributed by atoms with Gasteiger partial charge in [0, 0.05) is 33.4 Å². The summed E-state index contributed by atoms with van der Waals surface area (Å²) in [6.45, 7) is 6.10. The fraction of sp³-hybridized carbons (Fsp3) is 0.417. The first-order valence-electron chi connectivity index (χ1n) is 10.6. The number of hydrogen-bond acceptors (Lipinski definition) is 3. The Labute approximate surface area is 210 Å². The van der Waals surface area contributed by atoms with Crippen LogP contribution in [-0.2, 0) is 21.9 Å². The highest BCUT2D eigenvalue weighted by atomic mass is 35.5. The minimum Gasteiger partial charge on any atom is -0.352 e. The normalized spacial score (nSPS) is 12.8. The Morgan fingerprint density at radius 1 is 1.03 bits per heavy atom. The predicted octanol–water partition coefficient (Wildman–Crippen LogP) is 6.60. The van der Waals surface area contributed by atoms with Crippen molar-refractivity contribution in [2.75, 3.05) is 5.75 Å². The van der Waals surface area contributed by atoms with Gasteiger partial charge in [0.05, 0.1) is 5.75 Å². The van der Waals surface area contributed by atoms with E-state index in [1.165, 1.54) is 11.8 Å². The molecule has 2 rings (SSSR count). The quantitative estimate of drug-likeness (QED) is 0.367. The van der Waals surface area contributed by atoms with Crippen molar-refractivity contribution in [2.24, 2.45) is 0 Å². The Morgan fingerprint density at radius 3 is 2.38 bits per heavy atom. The van der Waals surface area contributed by atoms with Crippen LogP contribution >= 0.6 is 46.6 Å². The zero-order valence-electron chi connectivity index (χ0n) is 18.5. The second-order valence-corrected chi connectivity index (χ2v) is 9.89. The molecule has 0 bridgehead atoms. The maximum atomic E-state index is 13.3. The van der Waals surface area contributed by atoms with Gasteiger partial charge in [-0.15, -0.1) is 11.8 Å². The summed E-state index contributed by atoms with van der Waals surface area (Å²) in [6, 6.07) is 12.2. The number of benzene rings is 2. The molecule has 32 heavy (non-hydrogen) atoms. The topological polar surface area (TPSA) is 49.4 Å². The summed E-state index contributed by atoms with van der Waals surface area (Å²) < 4.78 is 0. The molecular weight excluding hydrogens is 487 g/mol. The zero-order chi connectivity index (χ0) is 23.7. The van der Waals surface area contributed by atoms with Gasteiger partial charge in [0.2, 0.25) is 11.8 Å². The molecule has 1 N–H and O–H groups in total. The summed E-state index contributed by atoms with van der Waals surface area (Å²) in [5.74, 6) is 0.622. The minimum atomic E-state index is -0.588. The molecule has 2 atom stereocenters. The molecule has 2 unspecified atom stereocenters. The van der Waals surface area contributed by atoms with Gasteiger partial charge in [-0.25, -0.2) is 0 Å². The fourth-order valence-corrected chi connectivity index (χ4v) is 4.70. The molecule has 2 amide bonds. The first-order valence-corrected chi connectivity index (χ1v) is 12.9. The third-order valence-electron chi connectivity index (χ3n) is 5.13. The number of halogens is 3. The van der Waals surface area contributed by atoms with Gasteiger partial charge in [-0.3, -0.25) is 9.59 Å². The summed E-state index contributed by atoms with van der Waals surface area (Å²) in [5, 5.41) is 4.67. The summed E-state index contributed by atoms with van der Waals surface area (Å²) in [5.41, 5.74) is 1.79. The number of nitrogens with zero attached hydrogens (tertiary/aromatic N) is 1. The average molecular weight is 516 g/mol. The van der Waals surface area contributed by atoms with Crippen LogP contribution in [0.1, 0.15) is 44.7 Å². The lowest BCUT2D eigenvalue weighted by molar-refractivity contribution is -0.139. The molecule has 0 saturated heterocycles. The largest absolute Gasteiger partial charge is 0.352 e. The summed E-state index contributed by atoms with van der Waals surface area (Å²) >= 11 is 19.9. The average Bonchev–Trinajstić information content (AvgIpc) is 2.74. The summed E-state index contributed by atoms with van der Waals surface area (Å²) in [4.78, 5) is 27.9. The fourth-order valence-electron chi connectivity index (χ4n) is 3.16. The van der Waals surface area contributed by atoms with E-state index in [4.69, 9.17) is 34.8 Å². The smallest absolute Gasteiger partial charge is 0.243 e. The second kappa shape index (κ2) is 13.3. The van der Waals surface area contributed by atoms with Crippen LogP contribution < -0.4 is 5.32 Å². The van der Waals surface area contributed by atoms with E-state index in [0.29, 0.717) is 27.2 Å². The molecule has 4 nitrogen and oxygen atoms in total. The van der Waals surface area contributed by atoms with E-state index in [2.05, 4.69) is 5.32 Å². The number of carbonyl (C=O) groups excluding carboxylic acids is 2. The van der Waals surface area contributed by atoms with Crippen molar-refractivity contribution < 1.29 is 9.59 Å². The zero-order valence-corrected chi connectivity index (χ0v) is 21.6. The Morgan fingerprint density at radius 2 is 1.75 bits per heavy atom. The van der Waals surface area contributed by atoms with Crippen molar-refractivity contribution in [1.29, 1.82) is 0 Å². The highest BCUT2D eigenvalue weighted by Crippen LogP contribution is 2.25. The molecule has 0 radical (unpaired) electrons. The van der Waals surface area contributed by atoms with Gasteiger partial charge in [-0.1, -0.05) is 66.8 Å². The van der Waals surface area contributed by atoms with Crippen LogP contribution in [-0.4, -0.2) is 34.6 Å². The van der Waals surface area contributed by atoms with E-state index >= 15 is 0 Å². The van der Waals surface area contributed by atoms with Gasteiger partial charge in [0.15, 0.2) is 0 Å². The molecule has 0 aliphatic carbocycles. The predicted molar refractivity (Wildman–Crippen MR) is 137 cm³/mol. The Bertz CT molecular complexity index is 926. The third kappa shape index (κ3) is 8.18. The van der Waals surface area contributed by atoms with Gasteiger partial charge in [-0.2, -0.15) is 0 Å². The lowest BCUT2D eigenvalue weighted by Gasteiger charge is -2.31. The third-order valence-corrected chi connectivity index (χ3v) is 6.94. The van der Waals surface area contributed by atoms with Crippen molar-refractivity contribution in [3.8, 4) is 0 Å². The molecule has 0 aliphatic rings. The van der Waals surface area contributed by atoms with Crippen LogP contribution in [0.3, 0.4) is 0 Å². The van der Waals surface area contributed by atoms with Crippen molar-refractivity contribution in [2.45, 2.75) is 58.0 Å². The maximum absolute atomic E-state index is 13.3. The molecule has 2 aromatic carbocycles. The Balaban J connectivity index is 2.18. The first kappa shape index (κ1) is 26.8. The Kier molecular flexibility index (Phi) is 11.2. The number of nitrogens with one attached hydrogen (secondary N) is 1. The number of hydrogen-bond donors (Lipinski definition) is 1. The minimum absolute atomic E-state index is 0.0322. The van der Waals surface area contributed by atoms with E-state index < -0.39 is 6.04 Å². The lowest BCUT2D eigenvalue weighted by Crippen LogP contribution is -2.51. The standard InChI is InChI=1S/C24H29Cl3N2O2S/c1-4-16(3)28-24(31)22(5-2)29(13-18-9-10-20(26)12-21(18)27)23(30)15-32-14-17-7-6-8-19(25)11-17/h6-12,16,22H,4-5,13-15H2,1-3H3,(H,28,31). The van der Waals surface area contributed by atoms with E-state index in [-0.39, 0.29) is 30.2 Å². The number of carbonyl (C=O) groups is 2. The van der Waals surface area contributed by atoms with Gasteiger partial charge in [0.25, 0.3) is 0 Å². The van der Waals surface area contributed by atoms with Crippen LogP contribution in [0.5, 0.6) is 0 Å². The SMILES string of the molecule is CCC(C)NC(=O)C(CC)N(Cc1ccc(Cl)cc1Cl)C(=O)CSCc1cccc(Cl)c1. The van der Waals surface area contributed by atoms with E-state index in [0.717, 1.165) is 17.5 Å². The maximum Gasteiger partial charge on any atom is 0.243 e. The van der Waals surface area contributed by atoms with E-state index in [9.17, 15) is 9.59 Å². The van der Waals surface area contributed by atoms with E-state index in [1.54, 1.807) is 23.1 Å². The highest BCUT2D eigenvalue weighted by Gasteiger charge is 2.29. The molecule has 0 spiro atoms. The van der Waals surface area contributed by atoms with Crippen LogP contribution in [0.4, 0.5) is 0 Å². The van der Waals surface area contributed by atoms with Gasteiger partial charge in [-0.05, 0) is 55.2 Å². The molecule has 0 heterocycles. The molecule has 8 heteroatoms. The van der Waals surface area contributed by atoms with E-state index in [1.807, 2.05) is 45.0 Å². The number of rotatable bonds is 11. The van der Waals surface area contributed by atoms with Crippen molar-refractivity contribution in [3.63, 3.8) is 0 Å². The summed E-state index contributed by atoms with van der Waals surface area (Å²) in [7, 11) is 0. The highest BCUT2D eigenvalue weighted by molar-refractivity contribution is 7.99. The molecule has 0 aliphatic heterocycles. The molecular formula is C24H29Cl3N2O2S. The first-order chi connectivity index (χ1) is 15.2. The van der Waals surface area contributed by atoms with Crippen molar-refractivity contribution in [1.82, 2.24) is 10.2 Å². The van der Waals surface area contributed by atoms with Crippen LogP contribution in [0.25, 0.3) is 0 Å². The van der Waals surface area contributed by atoms with Gasteiger partial charge in [0.1, 0.15) is 6.04 Å². The molecule has 0 saturated carbocycles.